The Labute approximate surface area is 98.0 Å². The number of hydrogen-bond acceptors (Lipinski definition) is 3. The van der Waals surface area contributed by atoms with E-state index in [1.54, 1.807) is 0 Å². The molecule has 1 aliphatic carbocycles. The van der Waals surface area contributed by atoms with Crippen molar-refractivity contribution in [3.8, 4) is 0 Å². The zero-order valence-electron chi connectivity index (χ0n) is 10.4. The molecule has 94 valence electrons. The van der Waals surface area contributed by atoms with Crippen molar-refractivity contribution in [2.75, 3.05) is 26.2 Å². The van der Waals surface area contributed by atoms with Crippen molar-refractivity contribution in [2.24, 2.45) is 5.92 Å². The Balaban J connectivity index is 2.11. The topological polar surface area (TPSA) is 52.6 Å². The molecule has 4 nitrogen and oxygen atoms in total. The van der Waals surface area contributed by atoms with Gasteiger partial charge in [-0.05, 0) is 51.4 Å². The molecule has 1 rings (SSSR count). The Morgan fingerprint density at radius 1 is 1.44 bits per heavy atom. The number of carboxylic acids is 1. The lowest BCUT2D eigenvalue weighted by molar-refractivity contribution is -0.140. The third-order valence-electron chi connectivity index (χ3n) is 3.27. The minimum Gasteiger partial charge on any atom is -0.480 e. The van der Waals surface area contributed by atoms with Gasteiger partial charge in [-0.1, -0.05) is 13.8 Å². The fourth-order valence-electron chi connectivity index (χ4n) is 1.99. The standard InChI is InChI=1S/C12H24N2O2/c1-3-14(4-2)9-5-8-13-11(12(15)16)10-6-7-10/h10-11,13H,3-9H2,1-2H3,(H,15,16). The molecular weight excluding hydrogens is 204 g/mol. The van der Waals surface area contributed by atoms with E-state index in [9.17, 15) is 4.79 Å². The van der Waals surface area contributed by atoms with Gasteiger partial charge in [-0.15, -0.1) is 0 Å². The molecule has 1 fully saturated rings. The van der Waals surface area contributed by atoms with Crippen LogP contribution in [0.15, 0.2) is 0 Å². The molecule has 0 radical (unpaired) electrons. The number of carboxylic acid groups (broad SMARTS) is 1. The van der Waals surface area contributed by atoms with Gasteiger partial charge in [0.25, 0.3) is 0 Å². The van der Waals surface area contributed by atoms with Gasteiger partial charge in [-0.2, -0.15) is 0 Å². The highest BCUT2D eigenvalue weighted by molar-refractivity contribution is 5.74. The first-order valence-electron chi connectivity index (χ1n) is 6.37. The van der Waals surface area contributed by atoms with Crippen LogP contribution in [0.4, 0.5) is 0 Å². The van der Waals surface area contributed by atoms with Crippen molar-refractivity contribution < 1.29 is 9.90 Å². The summed E-state index contributed by atoms with van der Waals surface area (Å²) in [4.78, 5) is 13.3. The third-order valence-corrected chi connectivity index (χ3v) is 3.27. The van der Waals surface area contributed by atoms with Gasteiger partial charge in [0.15, 0.2) is 0 Å². The van der Waals surface area contributed by atoms with Gasteiger partial charge in [0.05, 0.1) is 0 Å². The van der Waals surface area contributed by atoms with Crippen molar-refractivity contribution in [2.45, 2.75) is 39.2 Å². The van der Waals surface area contributed by atoms with E-state index < -0.39 is 5.97 Å². The van der Waals surface area contributed by atoms with Crippen LogP contribution < -0.4 is 5.32 Å². The SMILES string of the molecule is CCN(CC)CCCNC(C(=O)O)C1CC1. The van der Waals surface area contributed by atoms with Crippen molar-refractivity contribution in [1.82, 2.24) is 10.2 Å². The first kappa shape index (κ1) is 13.5. The van der Waals surface area contributed by atoms with E-state index in [1.165, 1.54) is 0 Å². The van der Waals surface area contributed by atoms with Gasteiger partial charge >= 0.3 is 5.97 Å². The largest absolute Gasteiger partial charge is 0.480 e. The van der Waals surface area contributed by atoms with Gasteiger partial charge in [-0.25, -0.2) is 0 Å². The van der Waals surface area contributed by atoms with Gasteiger partial charge in [0.2, 0.25) is 0 Å². The lowest BCUT2D eigenvalue weighted by Crippen LogP contribution is -2.40. The highest BCUT2D eigenvalue weighted by Crippen LogP contribution is 2.32. The fourth-order valence-corrected chi connectivity index (χ4v) is 1.99. The molecule has 0 heterocycles. The first-order valence-corrected chi connectivity index (χ1v) is 6.37. The molecule has 1 unspecified atom stereocenters. The Kier molecular flexibility index (Phi) is 5.77. The zero-order valence-corrected chi connectivity index (χ0v) is 10.4. The summed E-state index contributed by atoms with van der Waals surface area (Å²) in [6, 6.07) is -0.309. The summed E-state index contributed by atoms with van der Waals surface area (Å²) in [5.74, 6) is -0.309. The number of hydrogen-bond donors (Lipinski definition) is 2. The van der Waals surface area contributed by atoms with Gasteiger partial charge in [0, 0.05) is 0 Å². The van der Waals surface area contributed by atoms with E-state index in [1.807, 2.05) is 0 Å². The summed E-state index contributed by atoms with van der Waals surface area (Å²) in [6.07, 6.45) is 3.16. The average Bonchev–Trinajstić information content (AvgIpc) is 3.07. The Morgan fingerprint density at radius 3 is 2.50 bits per heavy atom. The maximum atomic E-state index is 10.9. The number of rotatable bonds is 9. The van der Waals surface area contributed by atoms with Gasteiger partial charge < -0.3 is 15.3 Å². The Hall–Kier alpha value is -0.610. The van der Waals surface area contributed by atoms with Crippen molar-refractivity contribution in [3.05, 3.63) is 0 Å². The molecule has 0 aromatic carbocycles. The molecule has 0 aromatic heterocycles. The highest BCUT2D eigenvalue weighted by atomic mass is 16.4. The minimum absolute atomic E-state index is 0.309. The summed E-state index contributed by atoms with van der Waals surface area (Å²) >= 11 is 0. The Morgan fingerprint density at radius 2 is 2.06 bits per heavy atom. The molecule has 1 saturated carbocycles. The molecule has 1 aliphatic rings. The number of nitrogens with one attached hydrogen (secondary N) is 1. The lowest BCUT2D eigenvalue weighted by atomic mass is 10.2. The van der Waals surface area contributed by atoms with Crippen LogP contribution in [-0.2, 0) is 4.79 Å². The van der Waals surface area contributed by atoms with Crippen molar-refractivity contribution in [3.63, 3.8) is 0 Å². The van der Waals surface area contributed by atoms with Crippen molar-refractivity contribution in [1.29, 1.82) is 0 Å². The first-order chi connectivity index (χ1) is 7.69. The predicted molar refractivity (Wildman–Crippen MR) is 64.6 cm³/mol. The summed E-state index contributed by atoms with van der Waals surface area (Å²) in [5.41, 5.74) is 0. The minimum atomic E-state index is -0.690. The van der Waals surface area contributed by atoms with E-state index >= 15 is 0 Å². The lowest BCUT2D eigenvalue weighted by Gasteiger charge is -2.19. The van der Waals surface area contributed by atoms with Crippen LogP contribution in [0.3, 0.4) is 0 Å². The molecular formula is C12H24N2O2. The molecule has 0 aromatic rings. The molecule has 16 heavy (non-hydrogen) atoms. The van der Waals surface area contributed by atoms with Gasteiger partial charge in [0.1, 0.15) is 6.04 Å². The van der Waals surface area contributed by atoms with Crippen LogP contribution in [0.2, 0.25) is 0 Å². The second-order valence-electron chi connectivity index (χ2n) is 4.49. The molecule has 0 aliphatic heterocycles. The average molecular weight is 228 g/mol. The highest BCUT2D eigenvalue weighted by Gasteiger charge is 2.35. The quantitative estimate of drug-likeness (QED) is 0.582. The normalized spacial score (nSPS) is 17.7. The van der Waals surface area contributed by atoms with E-state index in [0.29, 0.717) is 5.92 Å². The van der Waals surface area contributed by atoms with E-state index in [0.717, 1.165) is 45.4 Å². The van der Waals surface area contributed by atoms with Gasteiger partial charge in [-0.3, -0.25) is 4.79 Å². The molecule has 0 bridgehead atoms. The van der Waals surface area contributed by atoms with E-state index in [2.05, 4.69) is 24.1 Å². The molecule has 0 saturated heterocycles. The van der Waals surface area contributed by atoms with E-state index in [4.69, 9.17) is 5.11 Å². The number of aliphatic carboxylic acids is 1. The smallest absolute Gasteiger partial charge is 0.320 e. The van der Waals surface area contributed by atoms with E-state index in [-0.39, 0.29) is 6.04 Å². The van der Waals surface area contributed by atoms with Crippen LogP contribution in [0, 0.1) is 5.92 Å². The monoisotopic (exact) mass is 228 g/mol. The molecule has 0 spiro atoms. The number of nitrogens with zero attached hydrogens (tertiary/aromatic N) is 1. The molecule has 1 atom stereocenters. The maximum Gasteiger partial charge on any atom is 0.320 e. The van der Waals surface area contributed by atoms with Crippen LogP contribution in [0.25, 0.3) is 0 Å². The molecule has 4 heteroatoms. The Bertz CT molecular complexity index is 213. The molecule has 2 N–H and O–H groups in total. The van der Waals surface area contributed by atoms with Crippen LogP contribution in [0.1, 0.15) is 33.1 Å². The summed E-state index contributed by atoms with van der Waals surface area (Å²) in [7, 11) is 0. The summed E-state index contributed by atoms with van der Waals surface area (Å²) < 4.78 is 0. The predicted octanol–water partition coefficient (Wildman–Crippen LogP) is 1.17. The maximum absolute atomic E-state index is 10.9. The second-order valence-corrected chi connectivity index (χ2v) is 4.49. The molecule has 0 amide bonds. The number of carbonyl (C=O) groups is 1. The second kappa shape index (κ2) is 6.86. The van der Waals surface area contributed by atoms with Crippen molar-refractivity contribution >= 4 is 5.97 Å². The van der Waals surface area contributed by atoms with Crippen LogP contribution in [-0.4, -0.2) is 48.2 Å². The fraction of sp³-hybridized carbons (Fsp3) is 0.917. The van der Waals surface area contributed by atoms with Crippen LogP contribution in [0.5, 0.6) is 0 Å². The van der Waals surface area contributed by atoms with Crippen LogP contribution >= 0.6 is 0 Å². The zero-order chi connectivity index (χ0) is 12.0. The third kappa shape index (κ3) is 4.49. The summed E-state index contributed by atoms with van der Waals surface area (Å²) in [5, 5.41) is 12.2. The summed E-state index contributed by atoms with van der Waals surface area (Å²) in [6.45, 7) is 8.31.